The van der Waals surface area contributed by atoms with Gasteiger partial charge in [-0.05, 0) is 13.0 Å². The van der Waals surface area contributed by atoms with Crippen molar-refractivity contribution in [3.63, 3.8) is 0 Å². The summed E-state index contributed by atoms with van der Waals surface area (Å²) in [4.78, 5) is 22.8. The number of rotatable bonds is 4. The molecule has 0 aromatic heterocycles. The molecule has 0 amide bonds. The van der Waals surface area contributed by atoms with Crippen LogP contribution in [0, 0.1) is 0 Å². The Morgan fingerprint density at radius 3 is 2.53 bits per heavy atom. The first-order valence-corrected chi connectivity index (χ1v) is 5.38. The van der Waals surface area contributed by atoms with Gasteiger partial charge >= 0.3 is 12.1 Å². The number of methoxy groups -OCH3 is 1. The van der Waals surface area contributed by atoms with Crippen molar-refractivity contribution in [1.82, 2.24) is 0 Å². The lowest BCUT2D eigenvalue weighted by Gasteiger charge is -2.11. The molecule has 1 rings (SSSR count). The minimum Gasteiger partial charge on any atom is -0.496 e. The zero-order valence-electron chi connectivity index (χ0n) is 10.7. The van der Waals surface area contributed by atoms with E-state index < -0.39 is 12.1 Å². The van der Waals surface area contributed by atoms with Crippen molar-refractivity contribution in [2.75, 3.05) is 13.7 Å². The number of carbonyl (C=O) groups excluding carboxylic acids is 2. The normalized spacial score (nSPS) is 9.21. The molecule has 1 aromatic carbocycles. The summed E-state index contributed by atoms with van der Waals surface area (Å²) >= 11 is 0. The van der Waals surface area contributed by atoms with Crippen LogP contribution in [0.1, 0.15) is 22.8 Å². The Morgan fingerprint density at radius 2 is 2.00 bits per heavy atom. The minimum absolute atomic E-state index is 0. The summed E-state index contributed by atoms with van der Waals surface area (Å²) in [7, 11) is 1.41. The summed E-state index contributed by atoms with van der Waals surface area (Å²) in [6, 6.07) is 4.84. The maximum absolute atomic E-state index is 11.7. The topological polar surface area (TPSA) is 87.9 Å². The van der Waals surface area contributed by atoms with Gasteiger partial charge in [-0.3, -0.25) is 0 Å². The Morgan fingerprint density at radius 1 is 1.32 bits per heavy atom. The van der Waals surface area contributed by atoms with E-state index in [-0.39, 0.29) is 31.1 Å². The molecule has 0 aliphatic heterocycles. The Labute approximate surface area is 117 Å². The van der Waals surface area contributed by atoms with Crippen molar-refractivity contribution in [3.8, 4) is 5.75 Å². The van der Waals surface area contributed by atoms with E-state index in [1.807, 2.05) is 0 Å². The Kier molecular flexibility index (Phi) is 7.55. The average molecular weight is 290 g/mol. The van der Waals surface area contributed by atoms with Crippen molar-refractivity contribution in [2.45, 2.75) is 13.5 Å². The molecule has 0 fully saturated rings. The minimum atomic E-state index is -1.04. The summed E-state index contributed by atoms with van der Waals surface area (Å²) in [6.45, 7) is 1.96. The highest BCUT2D eigenvalue weighted by Gasteiger charge is 2.19. The van der Waals surface area contributed by atoms with Crippen molar-refractivity contribution in [2.24, 2.45) is 5.73 Å². The van der Waals surface area contributed by atoms with Crippen molar-refractivity contribution in [1.29, 1.82) is 0 Å². The fraction of sp³-hybridized carbons (Fsp3) is 0.333. The van der Waals surface area contributed by atoms with Gasteiger partial charge in [0.25, 0.3) is 0 Å². The molecule has 1 aromatic rings. The summed E-state index contributed by atoms with van der Waals surface area (Å²) in [5.41, 5.74) is 6.30. The molecule has 0 spiro atoms. The summed E-state index contributed by atoms with van der Waals surface area (Å²) in [5, 5.41) is 0. The maximum Gasteiger partial charge on any atom is 0.516 e. The second-order valence-corrected chi connectivity index (χ2v) is 3.27. The Balaban J connectivity index is 0.00000324. The molecule has 19 heavy (non-hydrogen) atoms. The third kappa shape index (κ3) is 4.42. The van der Waals surface area contributed by atoms with Crippen LogP contribution in [0.2, 0.25) is 0 Å². The monoisotopic (exact) mass is 289 g/mol. The van der Waals surface area contributed by atoms with E-state index in [4.69, 9.17) is 10.5 Å². The van der Waals surface area contributed by atoms with Crippen LogP contribution in [0.15, 0.2) is 18.2 Å². The fourth-order valence-corrected chi connectivity index (χ4v) is 1.43. The van der Waals surface area contributed by atoms with Crippen LogP contribution in [-0.2, 0) is 16.0 Å². The highest BCUT2D eigenvalue weighted by molar-refractivity contribution is 5.98. The zero-order chi connectivity index (χ0) is 13.5. The predicted octanol–water partition coefficient (Wildman–Crippen LogP) is 1.89. The molecule has 0 aliphatic rings. The van der Waals surface area contributed by atoms with Crippen LogP contribution in [0.25, 0.3) is 0 Å². The molecule has 106 valence electrons. The molecule has 7 heteroatoms. The lowest BCUT2D eigenvalue weighted by molar-refractivity contribution is 0.0399. The first kappa shape index (κ1) is 17.2. The Bertz CT molecular complexity index is 450. The van der Waals surface area contributed by atoms with Gasteiger partial charge in [0.2, 0.25) is 0 Å². The molecular formula is C12H16ClNO5. The highest BCUT2D eigenvalue weighted by Crippen LogP contribution is 2.24. The van der Waals surface area contributed by atoms with Crippen LogP contribution >= 0.6 is 12.4 Å². The van der Waals surface area contributed by atoms with Gasteiger partial charge < -0.3 is 19.9 Å². The first-order chi connectivity index (χ1) is 8.63. The second-order valence-electron chi connectivity index (χ2n) is 3.27. The lowest BCUT2D eigenvalue weighted by atomic mass is 10.1. The van der Waals surface area contributed by atoms with Gasteiger partial charge in [-0.1, -0.05) is 12.1 Å². The van der Waals surface area contributed by atoms with Gasteiger partial charge in [0.1, 0.15) is 11.3 Å². The third-order valence-corrected chi connectivity index (χ3v) is 2.18. The van der Waals surface area contributed by atoms with Crippen molar-refractivity contribution < 1.29 is 23.8 Å². The van der Waals surface area contributed by atoms with Crippen LogP contribution in [0.3, 0.4) is 0 Å². The quantitative estimate of drug-likeness (QED) is 0.672. The number of benzene rings is 1. The zero-order valence-corrected chi connectivity index (χ0v) is 11.5. The second kappa shape index (κ2) is 8.34. The highest BCUT2D eigenvalue weighted by atomic mass is 35.5. The number of hydrogen-bond donors (Lipinski definition) is 1. The van der Waals surface area contributed by atoms with Gasteiger partial charge in [0, 0.05) is 12.1 Å². The molecule has 0 unspecified atom stereocenters. The number of carbonyl (C=O) groups is 2. The largest absolute Gasteiger partial charge is 0.516 e. The molecule has 0 radical (unpaired) electrons. The predicted molar refractivity (Wildman–Crippen MR) is 70.6 cm³/mol. The SMILES string of the molecule is CCOC(=O)OC(=O)c1cccc(CN)c1OC.Cl. The molecule has 0 atom stereocenters. The fourth-order valence-electron chi connectivity index (χ4n) is 1.43. The van der Waals surface area contributed by atoms with Crippen LogP contribution in [-0.4, -0.2) is 25.8 Å². The third-order valence-electron chi connectivity index (χ3n) is 2.18. The smallest absolute Gasteiger partial charge is 0.496 e. The first-order valence-electron chi connectivity index (χ1n) is 5.38. The molecule has 0 saturated carbocycles. The molecule has 0 aliphatic carbocycles. The van der Waals surface area contributed by atoms with E-state index in [2.05, 4.69) is 9.47 Å². The van der Waals surface area contributed by atoms with Gasteiger partial charge in [-0.2, -0.15) is 0 Å². The lowest BCUT2D eigenvalue weighted by Crippen LogP contribution is -2.15. The van der Waals surface area contributed by atoms with Crippen molar-refractivity contribution in [3.05, 3.63) is 29.3 Å². The van der Waals surface area contributed by atoms with Crippen LogP contribution in [0.4, 0.5) is 4.79 Å². The Hall–Kier alpha value is -1.79. The number of ether oxygens (including phenoxy) is 3. The van der Waals surface area contributed by atoms with E-state index in [9.17, 15) is 9.59 Å². The van der Waals surface area contributed by atoms with E-state index >= 15 is 0 Å². The van der Waals surface area contributed by atoms with Gasteiger partial charge in [-0.25, -0.2) is 9.59 Å². The number of para-hydroxylation sites is 1. The molecule has 0 bridgehead atoms. The molecule has 6 nitrogen and oxygen atoms in total. The molecule has 0 heterocycles. The number of esters is 1. The van der Waals surface area contributed by atoms with Crippen LogP contribution < -0.4 is 10.5 Å². The summed E-state index contributed by atoms with van der Waals surface area (Å²) < 4.78 is 14.1. The van der Waals surface area contributed by atoms with E-state index in [1.54, 1.807) is 19.1 Å². The average Bonchev–Trinajstić information content (AvgIpc) is 2.37. The summed E-state index contributed by atoms with van der Waals surface area (Å²) in [6.07, 6.45) is -1.04. The molecule has 2 N–H and O–H groups in total. The van der Waals surface area contributed by atoms with Gasteiger partial charge in [0.15, 0.2) is 0 Å². The molecule has 0 saturated heterocycles. The van der Waals surface area contributed by atoms with Crippen molar-refractivity contribution >= 4 is 24.5 Å². The van der Waals surface area contributed by atoms with E-state index in [0.29, 0.717) is 11.3 Å². The summed E-state index contributed by atoms with van der Waals surface area (Å²) in [5.74, 6) is -0.533. The van der Waals surface area contributed by atoms with Gasteiger partial charge in [-0.15, -0.1) is 12.4 Å². The number of halogens is 1. The van der Waals surface area contributed by atoms with Gasteiger partial charge in [0.05, 0.1) is 13.7 Å². The maximum atomic E-state index is 11.7. The van der Waals surface area contributed by atoms with E-state index in [0.717, 1.165) is 0 Å². The molecular weight excluding hydrogens is 274 g/mol. The number of hydrogen-bond acceptors (Lipinski definition) is 6. The number of nitrogens with two attached hydrogens (primary N) is 1. The standard InChI is InChI=1S/C12H15NO5.ClH/c1-3-17-12(15)18-11(14)9-6-4-5-8(7-13)10(9)16-2;/h4-6H,3,7,13H2,1-2H3;1H. The van der Waals surface area contributed by atoms with Crippen LogP contribution in [0.5, 0.6) is 5.75 Å². The van der Waals surface area contributed by atoms with E-state index in [1.165, 1.54) is 13.2 Å².